The first-order valence-corrected chi connectivity index (χ1v) is 7.94. The van der Waals surface area contributed by atoms with E-state index in [4.69, 9.17) is 0 Å². The Labute approximate surface area is 131 Å². The van der Waals surface area contributed by atoms with Crippen LogP contribution in [0.25, 0.3) is 0 Å². The lowest BCUT2D eigenvalue weighted by Crippen LogP contribution is -2.20. The number of likely N-dealkylation sites (N-methyl/N-ethyl adjacent to an activating group) is 3. The van der Waals surface area contributed by atoms with Gasteiger partial charge in [0, 0.05) is 19.6 Å². The fourth-order valence-corrected chi connectivity index (χ4v) is 2.50. The van der Waals surface area contributed by atoms with E-state index >= 15 is 0 Å². The molecule has 0 heterocycles. The first kappa shape index (κ1) is 18.1. The van der Waals surface area contributed by atoms with E-state index in [1.54, 1.807) is 5.56 Å². The molecule has 0 saturated carbocycles. The lowest BCUT2D eigenvalue weighted by atomic mass is 9.94. The van der Waals surface area contributed by atoms with Crippen LogP contribution in [0.5, 0.6) is 0 Å². The van der Waals surface area contributed by atoms with Gasteiger partial charge in [-0.15, -0.1) is 0 Å². The lowest BCUT2D eigenvalue weighted by Gasteiger charge is -2.19. The maximum Gasteiger partial charge on any atom is 0.00159 e. The van der Waals surface area contributed by atoms with E-state index in [9.17, 15) is 0 Å². The van der Waals surface area contributed by atoms with Gasteiger partial charge in [0.15, 0.2) is 0 Å². The van der Waals surface area contributed by atoms with E-state index in [1.807, 2.05) is 0 Å². The number of hydrogen-bond donors (Lipinski definition) is 0. The topological polar surface area (TPSA) is 9.72 Å². The molecule has 0 saturated heterocycles. The van der Waals surface area contributed by atoms with Crippen LogP contribution in [0.1, 0.15) is 16.7 Å². The second kappa shape index (κ2) is 9.19. The molecule has 1 aromatic carbocycles. The summed E-state index contributed by atoms with van der Waals surface area (Å²) in [5.74, 6) is 0. The molecule has 0 aliphatic carbocycles. The molecule has 21 heavy (non-hydrogen) atoms. The zero-order chi connectivity index (χ0) is 15.8. The smallest absolute Gasteiger partial charge is 0.00159 e. The zero-order valence-corrected chi connectivity index (χ0v) is 14.8. The molecule has 0 aliphatic heterocycles. The molecule has 120 valence electrons. The van der Waals surface area contributed by atoms with E-state index in [0.29, 0.717) is 0 Å². The van der Waals surface area contributed by atoms with Crippen LogP contribution in [0.2, 0.25) is 0 Å². The van der Waals surface area contributed by atoms with Crippen molar-refractivity contribution in [3.8, 4) is 0 Å². The van der Waals surface area contributed by atoms with Crippen LogP contribution in [-0.4, -0.2) is 76.6 Å². The highest BCUT2D eigenvalue weighted by Crippen LogP contribution is 2.18. The van der Waals surface area contributed by atoms with Crippen LogP contribution in [0.15, 0.2) is 18.2 Å². The standard InChI is InChI=1S/C18H33N3/c1-19(2)13-10-16-8-7-9-17(11-14-20(3)4)18(16)12-15-21(5)6/h7-9H,10-15H2,1-6H3. The van der Waals surface area contributed by atoms with Crippen molar-refractivity contribution < 1.29 is 0 Å². The van der Waals surface area contributed by atoms with Crippen LogP contribution in [0, 0.1) is 0 Å². The molecule has 0 amide bonds. The minimum atomic E-state index is 1.12. The predicted octanol–water partition coefficient (Wildman–Crippen LogP) is 2.00. The summed E-state index contributed by atoms with van der Waals surface area (Å²) in [5.41, 5.74) is 4.64. The van der Waals surface area contributed by atoms with Gasteiger partial charge in [-0.1, -0.05) is 18.2 Å². The van der Waals surface area contributed by atoms with Gasteiger partial charge >= 0.3 is 0 Å². The van der Waals surface area contributed by atoms with Gasteiger partial charge in [-0.2, -0.15) is 0 Å². The Kier molecular flexibility index (Phi) is 7.94. The highest BCUT2D eigenvalue weighted by atomic mass is 15.1. The fourth-order valence-electron chi connectivity index (χ4n) is 2.50. The maximum absolute atomic E-state index is 2.31. The Hall–Kier alpha value is -0.900. The normalized spacial score (nSPS) is 11.9. The number of benzene rings is 1. The molecule has 3 nitrogen and oxygen atoms in total. The summed E-state index contributed by atoms with van der Waals surface area (Å²) < 4.78 is 0. The van der Waals surface area contributed by atoms with Gasteiger partial charge in [0.1, 0.15) is 0 Å². The Balaban J connectivity index is 2.90. The Bertz CT molecular complexity index is 381. The van der Waals surface area contributed by atoms with Gasteiger partial charge in [0.2, 0.25) is 0 Å². The van der Waals surface area contributed by atoms with Crippen molar-refractivity contribution in [3.63, 3.8) is 0 Å². The van der Waals surface area contributed by atoms with Gasteiger partial charge in [0.25, 0.3) is 0 Å². The summed E-state index contributed by atoms with van der Waals surface area (Å²) in [7, 11) is 12.9. The quantitative estimate of drug-likeness (QED) is 0.689. The third-order valence-corrected chi connectivity index (χ3v) is 3.84. The molecule has 0 bridgehead atoms. The van der Waals surface area contributed by atoms with Crippen LogP contribution in [0.3, 0.4) is 0 Å². The molecule has 0 aliphatic rings. The SMILES string of the molecule is CN(C)CCc1cccc(CCN(C)C)c1CCN(C)C. The summed E-state index contributed by atoms with van der Waals surface area (Å²) in [5, 5.41) is 0. The van der Waals surface area contributed by atoms with Crippen molar-refractivity contribution in [2.75, 3.05) is 61.9 Å². The molecular formula is C18H33N3. The molecule has 0 unspecified atom stereocenters. The third kappa shape index (κ3) is 7.07. The highest BCUT2D eigenvalue weighted by molar-refractivity contribution is 5.36. The summed E-state index contributed by atoms with van der Waals surface area (Å²) in [6.07, 6.45) is 3.44. The summed E-state index contributed by atoms with van der Waals surface area (Å²) in [6, 6.07) is 6.86. The van der Waals surface area contributed by atoms with Crippen LogP contribution >= 0.6 is 0 Å². The van der Waals surface area contributed by atoms with Crippen LogP contribution in [0.4, 0.5) is 0 Å². The van der Waals surface area contributed by atoms with Crippen molar-refractivity contribution in [3.05, 3.63) is 34.9 Å². The molecule has 0 N–H and O–H groups in total. The van der Waals surface area contributed by atoms with Gasteiger partial charge < -0.3 is 14.7 Å². The van der Waals surface area contributed by atoms with Crippen molar-refractivity contribution in [2.45, 2.75) is 19.3 Å². The fraction of sp³-hybridized carbons (Fsp3) is 0.667. The van der Waals surface area contributed by atoms with Crippen molar-refractivity contribution in [1.82, 2.24) is 14.7 Å². The lowest BCUT2D eigenvalue weighted by molar-refractivity contribution is 0.402. The Morgan fingerprint density at radius 3 is 1.38 bits per heavy atom. The average Bonchev–Trinajstić information content (AvgIpc) is 2.40. The first-order chi connectivity index (χ1) is 9.90. The summed E-state index contributed by atoms with van der Waals surface area (Å²) in [6.45, 7) is 3.35. The van der Waals surface area contributed by atoms with E-state index in [2.05, 4.69) is 75.2 Å². The van der Waals surface area contributed by atoms with Gasteiger partial charge in [-0.3, -0.25) is 0 Å². The molecule has 1 aromatic rings. The number of rotatable bonds is 9. The largest absolute Gasteiger partial charge is 0.309 e. The average molecular weight is 291 g/mol. The van der Waals surface area contributed by atoms with Crippen molar-refractivity contribution in [1.29, 1.82) is 0 Å². The number of nitrogens with zero attached hydrogens (tertiary/aromatic N) is 3. The molecular weight excluding hydrogens is 258 g/mol. The van der Waals surface area contributed by atoms with Gasteiger partial charge in [0.05, 0.1) is 0 Å². The second-order valence-corrected chi connectivity index (χ2v) is 6.71. The van der Waals surface area contributed by atoms with Crippen LogP contribution < -0.4 is 0 Å². The zero-order valence-electron chi connectivity index (χ0n) is 14.8. The summed E-state index contributed by atoms with van der Waals surface area (Å²) in [4.78, 5) is 6.81. The highest BCUT2D eigenvalue weighted by Gasteiger charge is 2.09. The van der Waals surface area contributed by atoms with Gasteiger partial charge in [-0.05, 0) is 78.2 Å². The summed E-state index contributed by atoms with van der Waals surface area (Å²) >= 11 is 0. The molecule has 3 heteroatoms. The molecule has 0 aromatic heterocycles. The van der Waals surface area contributed by atoms with E-state index in [0.717, 1.165) is 38.9 Å². The van der Waals surface area contributed by atoms with Crippen molar-refractivity contribution >= 4 is 0 Å². The van der Waals surface area contributed by atoms with E-state index in [1.165, 1.54) is 11.1 Å². The molecule has 1 rings (SSSR count). The molecule has 0 fully saturated rings. The minimum Gasteiger partial charge on any atom is -0.309 e. The monoisotopic (exact) mass is 291 g/mol. The predicted molar refractivity (Wildman–Crippen MR) is 93.2 cm³/mol. The Morgan fingerprint density at radius 1 is 0.619 bits per heavy atom. The third-order valence-electron chi connectivity index (χ3n) is 3.84. The number of hydrogen-bond acceptors (Lipinski definition) is 3. The minimum absolute atomic E-state index is 1.12. The molecule has 0 atom stereocenters. The van der Waals surface area contributed by atoms with E-state index in [-0.39, 0.29) is 0 Å². The van der Waals surface area contributed by atoms with Gasteiger partial charge in [-0.25, -0.2) is 0 Å². The van der Waals surface area contributed by atoms with E-state index < -0.39 is 0 Å². The van der Waals surface area contributed by atoms with Crippen LogP contribution in [-0.2, 0) is 19.3 Å². The van der Waals surface area contributed by atoms with Crippen molar-refractivity contribution in [2.24, 2.45) is 0 Å². The molecule has 0 spiro atoms. The second-order valence-electron chi connectivity index (χ2n) is 6.71. The molecule has 0 radical (unpaired) electrons. The maximum atomic E-state index is 2.31. The Morgan fingerprint density at radius 2 is 1.00 bits per heavy atom. The first-order valence-electron chi connectivity index (χ1n) is 7.94.